The maximum atomic E-state index is 6.55. The fraction of sp³-hybridized carbons (Fsp3) is 0.192. The molecule has 2 aromatic carbocycles. The van der Waals surface area contributed by atoms with E-state index in [1.165, 1.54) is 6.33 Å². The number of nitrogens with one attached hydrogen (secondary N) is 1. The fourth-order valence-electron chi connectivity index (χ4n) is 3.35. The lowest BCUT2D eigenvalue weighted by molar-refractivity contribution is 0.309. The zero-order valence-electron chi connectivity index (χ0n) is 18.7. The lowest BCUT2D eigenvalue weighted by atomic mass is 10.2. The van der Waals surface area contributed by atoms with Crippen molar-refractivity contribution in [2.24, 2.45) is 0 Å². The van der Waals surface area contributed by atoms with Crippen molar-refractivity contribution in [2.45, 2.75) is 26.3 Å². The highest BCUT2D eigenvalue weighted by atomic mass is 16.5. The number of aromatic nitrogens is 3. The van der Waals surface area contributed by atoms with Gasteiger partial charge in [-0.1, -0.05) is 49.7 Å². The van der Waals surface area contributed by atoms with E-state index in [1.54, 1.807) is 6.20 Å². The summed E-state index contributed by atoms with van der Waals surface area (Å²) in [5.74, 6) is 2.73. The van der Waals surface area contributed by atoms with Gasteiger partial charge in [0.05, 0.1) is 13.2 Å². The number of hydrogen-bond donors (Lipinski definition) is 2. The highest BCUT2D eigenvalue weighted by Crippen LogP contribution is 2.33. The number of nitrogens with two attached hydrogens (primary N) is 1. The highest BCUT2D eigenvalue weighted by molar-refractivity contribution is 5.80. The summed E-state index contributed by atoms with van der Waals surface area (Å²) < 4.78 is 5.74. The van der Waals surface area contributed by atoms with Gasteiger partial charge in [0.2, 0.25) is 0 Å². The molecule has 2 aromatic heterocycles. The summed E-state index contributed by atoms with van der Waals surface area (Å²) in [6.45, 7) is 3.43. The number of nitrogen functional groups attached to an aromatic ring is 1. The Hall–Kier alpha value is -4.13. The number of anilines is 5. The summed E-state index contributed by atoms with van der Waals surface area (Å²) in [7, 11) is 0. The number of pyridine rings is 1. The van der Waals surface area contributed by atoms with Crippen molar-refractivity contribution in [1.82, 2.24) is 15.0 Å². The molecule has 4 aromatic rings. The smallest absolute Gasteiger partial charge is 0.163 e. The van der Waals surface area contributed by atoms with Gasteiger partial charge in [-0.05, 0) is 48.4 Å². The molecule has 7 heteroatoms. The number of hydrogen-bond acceptors (Lipinski definition) is 7. The number of rotatable bonds is 10. The van der Waals surface area contributed by atoms with Crippen molar-refractivity contribution >= 4 is 28.8 Å². The van der Waals surface area contributed by atoms with Crippen molar-refractivity contribution in [3.05, 3.63) is 90.9 Å². The van der Waals surface area contributed by atoms with Crippen molar-refractivity contribution in [3.63, 3.8) is 0 Å². The van der Waals surface area contributed by atoms with E-state index in [9.17, 15) is 0 Å². The minimum atomic E-state index is 0.447. The van der Waals surface area contributed by atoms with Crippen molar-refractivity contribution in [1.29, 1.82) is 0 Å². The van der Waals surface area contributed by atoms with Crippen LogP contribution < -0.4 is 20.7 Å². The van der Waals surface area contributed by atoms with Gasteiger partial charge in [-0.15, -0.1) is 0 Å². The molecule has 0 saturated heterocycles. The summed E-state index contributed by atoms with van der Waals surface area (Å²) in [4.78, 5) is 15.4. The largest absolute Gasteiger partial charge is 0.494 e. The van der Waals surface area contributed by atoms with E-state index >= 15 is 0 Å². The molecule has 0 saturated carbocycles. The van der Waals surface area contributed by atoms with E-state index < -0.39 is 0 Å². The van der Waals surface area contributed by atoms with Gasteiger partial charge in [0, 0.05) is 11.9 Å². The van der Waals surface area contributed by atoms with Crippen LogP contribution in [-0.2, 0) is 6.54 Å². The van der Waals surface area contributed by atoms with Crippen LogP contribution in [0.2, 0.25) is 0 Å². The van der Waals surface area contributed by atoms with Crippen LogP contribution in [0.15, 0.2) is 85.3 Å². The third kappa shape index (κ3) is 5.77. The van der Waals surface area contributed by atoms with Crippen LogP contribution >= 0.6 is 0 Å². The van der Waals surface area contributed by atoms with Crippen LogP contribution in [0, 0.1) is 0 Å². The Morgan fingerprint density at radius 2 is 1.70 bits per heavy atom. The third-order valence-electron chi connectivity index (χ3n) is 5.11. The molecular weight excluding hydrogens is 412 g/mol. The van der Waals surface area contributed by atoms with Gasteiger partial charge < -0.3 is 20.7 Å². The molecule has 0 aliphatic carbocycles. The van der Waals surface area contributed by atoms with Crippen LogP contribution in [0.25, 0.3) is 0 Å². The first-order chi connectivity index (χ1) is 16.2. The fourth-order valence-corrected chi connectivity index (χ4v) is 3.35. The Balaban J connectivity index is 1.58. The van der Waals surface area contributed by atoms with E-state index in [-0.39, 0.29) is 0 Å². The Morgan fingerprint density at radius 1 is 0.909 bits per heavy atom. The molecule has 0 spiro atoms. The molecule has 4 rings (SSSR count). The second-order valence-corrected chi connectivity index (χ2v) is 7.57. The van der Waals surface area contributed by atoms with Crippen LogP contribution in [0.5, 0.6) is 5.75 Å². The molecular formula is C26H28N6O. The van der Waals surface area contributed by atoms with Gasteiger partial charge in [-0.25, -0.2) is 15.0 Å². The molecule has 0 bridgehead atoms. The second kappa shape index (κ2) is 10.9. The molecule has 0 amide bonds. The second-order valence-electron chi connectivity index (χ2n) is 7.57. The molecule has 2 heterocycles. The topological polar surface area (TPSA) is 89.2 Å². The number of unbranched alkanes of at least 4 members (excludes halogenated alkanes) is 1. The lowest BCUT2D eigenvalue weighted by Gasteiger charge is -2.25. The Kier molecular flexibility index (Phi) is 7.33. The first-order valence-electron chi connectivity index (χ1n) is 11.1. The van der Waals surface area contributed by atoms with Gasteiger partial charge >= 0.3 is 0 Å². The van der Waals surface area contributed by atoms with E-state index in [4.69, 9.17) is 10.5 Å². The quantitative estimate of drug-likeness (QED) is 0.305. The van der Waals surface area contributed by atoms with E-state index in [0.29, 0.717) is 23.9 Å². The van der Waals surface area contributed by atoms with E-state index in [0.717, 1.165) is 42.3 Å². The lowest BCUT2D eigenvalue weighted by Crippen LogP contribution is -2.21. The Morgan fingerprint density at radius 3 is 2.42 bits per heavy atom. The summed E-state index contributed by atoms with van der Waals surface area (Å²) in [5, 5.41) is 3.30. The molecule has 3 N–H and O–H groups in total. The van der Waals surface area contributed by atoms with Crippen LogP contribution in [-0.4, -0.2) is 21.6 Å². The molecule has 0 radical (unpaired) electrons. The van der Waals surface area contributed by atoms with Gasteiger partial charge in [-0.2, -0.15) is 0 Å². The summed E-state index contributed by atoms with van der Waals surface area (Å²) in [6.07, 6.45) is 5.41. The van der Waals surface area contributed by atoms with Gasteiger partial charge in [0.25, 0.3) is 0 Å². The Labute approximate surface area is 194 Å². The standard InChI is InChI=1S/C26H28N6O/c1-2-3-17-33-22-14-12-21(13-15-22)31-25-24(27)26(30-19-29-25)32(23-11-7-8-16-28-23)18-20-9-5-4-6-10-20/h4-16,19H,2-3,17-18,27H2,1H3,(H,29,30,31). The molecule has 0 aliphatic rings. The van der Waals surface area contributed by atoms with E-state index in [2.05, 4.69) is 39.3 Å². The number of benzene rings is 2. The molecule has 0 atom stereocenters. The normalized spacial score (nSPS) is 10.6. The molecule has 168 valence electrons. The summed E-state index contributed by atoms with van der Waals surface area (Å²) in [6, 6.07) is 23.7. The molecule has 0 fully saturated rings. The molecule has 33 heavy (non-hydrogen) atoms. The Bertz CT molecular complexity index is 1140. The zero-order chi connectivity index (χ0) is 22.9. The highest BCUT2D eigenvalue weighted by Gasteiger charge is 2.18. The minimum absolute atomic E-state index is 0.447. The first-order valence-corrected chi connectivity index (χ1v) is 11.1. The van der Waals surface area contributed by atoms with Crippen LogP contribution in [0.3, 0.4) is 0 Å². The summed E-state index contributed by atoms with van der Waals surface area (Å²) >= 11 is 0. The molecule has 7 nitrogen and oxygen atoms in total. The van der Waals surface area contributed by atoms with Gasteiger partial charge in [0.15, 0.2) is 11.6 Å². The van der Waals surface area contributed by atoms with E-state index in [1.807, 2.05) is 65.6 Å². The molecule has 0 unspecified atom stereocenters. The maximum Gasteiger partial charge on any atom is 0.163 e. The minimum Gasteiger partial charge on any atom is -0.494 e. The maximum absolute atomic E-state index is 6.55. The van der Waals surface area contributed by atoms with Crippen molar-refractivity contribution in [3.8, 4) is 5.75 Å². The van der Waals surface area contributed by atoms with Crippen molar-refractivity contribution in [2.75, 3.05) is 22.6 Å². The first kappa shape index (κ1) is 22.1. The van der Waals surface area contributed by atoms with Crippen LogP contribution in [0.4, 0.5) is 28.8 Å². The predicted octanol–water partition coefficient (Wildman–Crippen LogP) is 5.71. The average Bonchev–Trinajstić information content (AvgIpc) is 2.86. The zero-order valence-corrected chi connectivity index (χ0v) is 18.7. The predicted molar refractivity (Wildman–Crippen MR) is 133 cm³/mol. The number of nitrogens with zero attached hydrogens (tertiary/aromatic N) is 4. The van der Waals surface area contributed by atoms with Crippen molar-refractivity contribution < 1.29 is 4.74 Å². The van der Waals surface area contributed by atoms with Gasteiger partial charge in [0.1, 0.15) is 23.6 Å². The van der Waals surface area contributed by atoms with Gasteiger partial charge in [-0.3, -0.25) is 0 Å². The average molecular weight is 441 g/mol. The summed E-state index contributed by atoms with van der Waals surface area (Å²) in [5.41, 5.74) is 8.98. The SMILES string of the molecule is CCCCOc1ccc(Nc2ncnc(N(Cc3ccccc3)c3ccccn3)c2N)cc1. The monoisotopic (exact) mass is 440 g/mol. The third-order valence-corrected chi connectivity index (χ3v) is 5.11. The molecule has 0 aliphatic heterocycles. The number of ether oxygens (including phenoxy) is 1. The van der Waals surface area contributed by atoms with Crippen LogP contribution in [0.1, 0.15) is 25.3 Å².